The number of rotatable bonds is 5. The van der Waals surface area contributed by atoms with E-state index >= 15 is 0 Å². The molecule has 3 nitrogen and oxygen atoms in total. The highest BCUT2D eigenvalue weighted by molar-refractivity contribution is 9.10. The van der Waals surface area contributed by atoms with E-state index in [0.717, 1.165) is 24.2 Å². The van der Waals surface area contributed by atoms with E-state index in [1.807, 2.05) is 0 Å². The minimum atomic E-state index is 0.102. The molecular weight excluding hydrogens is 316 g/mol. The largest absolute Gasteiger partial charge is 0.381 e. The van der Waals surface area contributed by atoms with Gasteiger partial charge in [0.1, 0.15) is 0 Å². The Hall–Kier alpha value is -0.420. The predicted molar refractivity (Wildman–Crippen MR) is 86.7 cm³/mol. The lowest BCUT2D eigenvalue weighted by atomic mass is 9.96. The van der Waals surface area contributed by atoms with Gasteiger partial charge in [-0.1, -0.05) is 28.1 Å². The fourth-order valence-corrected chi connectivity index (χ4v) is 3.36. The maximum atomic E-state index is 6.23. The fourth-order valence-electron chi connectivity index (χ4n) is 3.09. The van der Waals surface area contributed by atoms with Crippen LogP contribution in [0.25, 0.3) is 0 Å². The van der Waals surface area contributed by atoms with Crippen LogP contribution in [0.3, 0.4) is 0 Å². The van der Waals surface area contributed by atoms with E-state index in [-0.39, 0.29) is 12.1 Å². The molecule has 1 heterocycles. The van der Waals surface area contributed by atoms with E-state index in [4.69, 9.17) is 10.5 Å². The highest BCUT2D eigenvalue weighted by atomic mass is 79.9. The van der Waals surface area contributed by atoms with Gasteiger partial charge in [-0.2, -0.15) is 0 Å². The average Bonchev–Trinajstić information content (AvgIpc) is 2.42. The molecule has 2 N–H and O–H groups in total. The van der Waals surface area contributed by atoms with E-state index in [2.05, 4.69) is 59.1 Å². The molecular formula is C16H25BrN2O. The van der Waals surface area contributed by atoms with Crippen LogP contribution in [0.4, 0.5) is 0 Å². The lowest BCUT2D eigenvalue weighted by molar-refractivity contribution is 0.0344. The van der Waals surface area contributed by atoms with Crippen molar-refractivity contribution in [2.75, 3.05) is 26.8 Å². The second-order valence-corrected chi connectivity index (χ2v) is 6.79. The van der Waals surface area contributed by atoms with Crippen LogP contribution in [-0.4, -0.2) is 37.7 Å². The van der Waals surface area contributed by atoms with Gasteiger partial charge in [-0.15, -0.1) is 0 Å². The smallest absolute Gasteiger partial charge is 0.0506 e. The quantitative estimate of drug-likeness (QED) is 0.894. The van der Waals surface area contributed by atoms with Crippen molar-refractivity contribution in [2.45, 2.75) is 31.8 Å². The van der Waals surface area contributed by atoms with Gasteiger partial charge in [0.2, 0.25) is 0 Å². The minimum Gasteiger partial charge on any atom is -0.381 e. The first kappa shape index (κ1) is 16.0. The van der Waals surface area contributed by atoms with Crippen molar-refractivity contribution >= 4 is 15.9 Å². The summed E-state index contributed by atoms with van der Waals surface area (Å²) >= 11 is 3.49. The Morgan fingerprint density at radius 1 is 1.40 bits per heavy atom. The molecule has 1 saturated heterocycles. The molecule has 20 heavy (non-hydrogen) atoms. The summed E-state index contributed by atoms with van der Waals surface area (Å²) in [5, 5.41) is 0. The van der Waals surface area contributed by atoms with Crippen molar-refractivity contribution < 1.29 is 4.74 Å². The maximum absolute atomic E-state index is 6.23. The SMILES string of the molecule is CC(N)C(c1ccc(Br)cc1)N(C)CC1CCCOC1. The number of likely N-dealkylation sites (N-methyl/N-ethyl adjacent to an activating group) is 1. The standard InChI is InChI=1S/C16H25BrN2O/c1-12(18)16(14-5-7-15(17)8-6-14)19(2)10-13-4-3-9-20-11-13/h5-8,12-13,16H,3-4,9-11,18H2,1-2H3. The van der Waals surface area contributed by atoms with Crippen LogP contribution in [0, 0.1) is 5.92 Å². The van der Waals surface area contributed by atoms with Gasteiger partial charge < -0.3 is 10.5 Å². The summed E-state index contributed by atoms with van der Waals surface area (Å²) in [6.07, 6.45) is 2.44. The molecule has 0 amide bonds. The molecule has 1 fully saturated rings. The van der Waals surface area contributed by atoms with E-state index in [1.165, 1.54) is 18.4 Å². The summed E-state index contributed by atoms with van der Waals surface area (Å²) in [7, 11) is 2.17. The van der Waals surface area contributed by atoms with Gasteiger partial charge >= 0.3 is 0 Å². The molecule has 1 aromatic rings. The number of hydrogen-bond acceptors (Lipinski definition) is 3. The van der Waals surface area contributed by atoms with Crippen LogP contribution in [0.1, 0.15) is 31.4 Å². The summed E-state index contributed by atoms with van der Waals surface area (Å²) in [6.45, 7) is 4.93. The topological polar surface area (TPSA) is 38.5 Å². The molecule has 0 aliphatic carbocycles. The molecule has 0 aromatic heterocycles. The van der Waals surface area contributed by atoms with Crippen LogP contribution >= 0.6 is 15.9 Å². The summed E-state index contributed by atoms with van der Waals surface area (Å²) in [4.78, 5) is 2.38. The molecule has 2 rings (SSSR count). The lowest BCUT2D eigenvalue weighted by Crippen LogP contribution is -2.41. The van der Waals surface area contributed by atoms with Crippen molar-refractivity contribution in [3.63, 3.8) is 0 Å². The Morgan fingerprint density at radius 3 is 2.65 bits per heavy atom. The minimum absolute atomic E-state index is 0.102. The first-order valence-corrected chi connectivity index (χ1v) is 8.16. The molecule has 4 heteroatoms. The van der Waals surface area contributed by atoms with Crippen molar-refractivity contribution in [3.8, 4) is 0 Å². The third kappa shape index (κ3) is 4.29. The maximum Gasteiger partial charge on any atom is 0.0506 e. The third-order valence-corrected chi connectivity index (χ3v) is 4.51. The summed E-state index contributed by atoms with van der Waals surface area (Å²) in [5.41, 5.74) is 7.51. The first-order chi connectivity index (χ1) is 9.58. The van der Waals surface area contributed by atoms with Gasteiger partial charge in [-0.05, 0) is 50.4 Å². The Kier molecular flexibility index (Phi) is 6.02. The van der Waals surface area contributed by atoms with Gasteiger partial charge in [0.25, 0.3) is 0 Å². The van der Waals surface area contributed by atoms with Crippen LogP contribution < -0.4 is 5.73 Å². The van der Waals surface area contributed by atoms with Gasteiger partial charge in [0.05, 0.1) is 6.61 Å². The normalized spacial score (nSPS) is 22.8. The molecule has 0 spiro atoms. The van der Waals surface area contributed by atoms with Crippen LogP contribution in [0.15, 0.2) is 28.7 Å². The molecule has 0 bridgehead atoms. The zero-order valence-electron chi connectivity index (χ0n) is 12.4. The number of nitrogens with two attached hydrogens (primary N) is 1. The second kappa shape index (κ2) is 7.55. The Balaban J connectivity index is 2.05. The molecule has 0 saturated carbocycles. The summed E-state index contributed by atoms with van der Waals surface area (Å²) in [6, 6.07) is 8.85. The van der Waals surface area contributed by atoms with Crippen LogP contribution in [0.5, 0.6) is 0 Å². The fraction of sp³-hybridized carbons (Fsp3) is 0.625. The Labute approximate surface area is 130 Å². The van der Waals surface area contributed by atoms with Gasteiger partial charge in [0.15, 0.2) is 0 Å². The monoisotopic (exact) mass is 340 g/mol. The molecule has 1 aliphatic rings. The van der Waals surface area contributed by atoms with Crippen molar-refractivity contribution in [2.24, 2.45) is 11.7 Å². The van der Waals surface area contributed by atoms with E-state index in [0.29, 0.717) is 5.92 Å². The molecule has 112 valence electrons. The number of benzene rings is 1. The number of ether oxygens (including phenoxy) is 1. The van der Waals surface area contributed by atoms with Gasteiger partial charge in [-0.25, -0.2) is 0 Å². The third-order valence-electron chi connectivity index (χ3n) is 3.99. The van der Waals surface area contributed by atoms with Crippen LogP contribution in [0.2, 0.25) is 0 Å². The zero-order chi connectivity index (χ0) is 14.5. The Bertz CT molecular complexity index is 401. The number of hydrogen-bond donors (Lipinski definition) is 1. The van der Waals surface area contributed by atoms with Crippen molar-refractivity contribution in [1.29, 1.82) is 0 Å². The molecule has 0 radical (unpaired) electrons. The Morgan fingerprint density at radius 2 is 2.10 bits per heavy atom. The van der Waals surface area contributed by atoms with Crippen LogP contribution in [-0.2, 0) is 4.74 Å². The first-order valence-electron chi connectivity index (χ1n) is 7.37. The number of nitrogens with zero attached hydrogens (tertiary/aromatic N) is 1. The molecule has 1 aromatic carbocycles. The average molecular weight is 341 g/mol. The molecule has 3 unspecified atom stereocenters. The molecule has 1 aliphatic heterocycles. The van der Waals surface area contributed by atoms with Gasteiger partial charge in [-0.3, -0.25) is 4.90 Å². The lowest BCUT2D eigenvalue weighted by Gasteiger charge is -2.35. The van der Waals surface area contributed by atoms with E-state index < -0.39 is 0 Å². The second-order valence-electron chi connectivity index (χ2n) is 5.88. The van der Waals surface area contributed by atoms with Crippen molar-refractivity contribution in [3.05, 3.63) is 34.3 Å². The van der Waals surface area contributed by atoms with E-state index in [1.54, 1.807) is 0 Å². The summed E-state index contributed by atoms with van der Waals surface area (Å²) < 4.78 is 6.69. The van der Waals surface area contributed by atoms with Gasteiger partial charge in [0, 0.05) is 29.7 Å². The predicted octanol–water partition coefficient (Wildman–Crippen LogP) is 3.20. The van der Waals surface area contributed by atoms with Crippen molar-refractivity contribution in [1.82, 2.24) is 4.90 Å². The highest BCUT2D eigenvalue weighted by Crippen LogP contribution is 2.26. The number of halogens is 1. The van der Waals surface area contributed by atoms with E-state index in [9.17, 15) is 0 Å². The summed E-state index contributed by atoms with van der Waals surface area (Å²) in [5.74, 6) is 0.630. The molecule has 3 atom stereocenters. The highest BCUT2D eigenvalue weighted by Gasteiger charge is 2.24. The zero-order valence-corrected chi connectivity index (χ0v) is 14.0.